The molecule has 0 saturated carbocycles. The van der Waals surface area contributed by atoms with Crippen LogP contribution in [-0.4, -0.2) is 31.7 Å². The Balaban J connectivity index is 1.28. The minimum absolute atomic E-state index is 0.367. The highest BCUT2D eigenvalue weighted by atomic mass is 19.2. The van der Waals surface area contributed by atoms with Crippen molar-refractivity contribution in [2.45, 2.75) is 52.4 Å². The van der Waals surface area contributed by atoms with Crippen molar-refractivity contribution in [1.29, 1.82) is 0 Å². The second-order valence-electron chi connectivity index (χ2n) is 11.6. The number of pyridine rings is 1. The highest BCUT2D eigenvalue weighted by molar-refractivity contribution is 6.09. The number of alkyl halides is 2. The van der Waals surface area contributed by atoms with Crippen molar-refractivity contribution in [2.24, 2.45) is 0 Å². The Morgan fingerprint density at radius 2 is 1.61 bits per heavy atom. The summed E-state index contributed by atoms with van der Waals surface area (Å²) in [5, 5.41) is 6.86. The minimum Gasteiger partial charge on any atom is -0.457 e. The topological polar surface area (TPSA) is 44.9 Å². The number of ether oxygens (including phenoxy) is 1. The Hall–Kier alpha value is -4.85. The van der Waals surface area contributed by atoms with Gasteiger partial charge in [-0.25, -0.2) is 22.8 Å². The largest absolute Gasteiger partial charge is 0.457 e. The highest BCUT2D eigenvalue weighted by Gasteiger charge is 2.37. The Kier molecular flexibility index (Phi) is 6.80. The molecule has 0 bridgehead atoms. The third-order valence-electron chi connectivity index (χ3n) is 8.40. The Bertz CT molecular complexity index is 2090. The number of aryl methyl sites for hydroxylation is 3. The highest BCUT2D eigenvalue weighted by Crippen LogP contribution is 2.41. The van der Waals surface area contributed by atoms with Crippen LogP contribution in [0.2, 0.25) is 0 Å². The third-order valence-corrected chi connectivity index (χ3v) is 8.40. The number of fused-ring (bicyclic) bond motifs is 3. The van der Waals surface area contributed by atoms with E-state index >= 15 is 0 Å². The maximum absolute atomic E-state index is 14.9. The molecule has 0 saturated heterocycles. The van der Waals surface area contributed by atoms with E-state index in [1.807, 2.05) is 68.6 Å². The van der Waals surface area contributed by atoms with E-state index in [0.717, 1.165) is 44.8 Å². The standard InChI is InChI=1S/C36H31F3N4O/c1-20-11-12-40-34(15-20)42-32-8-6-5-7-28(32)29-10-9-26(19-33(29)42)44-27-14-21(2)13-25(18-27)43-23(4)35(22(3)41-43)36-30(38)16-24(37)17-31(36)39/h5-16,18-19,24,31,36H,17H2,1-4H3/t24?,31-,36+/m0/s1. The van der Waals surface area contributed by atoms with Crippen molar-refractivity contribution in [2.75, 3.05) is 0 Å². The fourth-order valence-electron chi connectivity index (χ4n) is 6.49. The first-order valence-corrected chi connectivity index (χ1v) is 14.7. The summed E-state index contributed by atoms with van der Waals surface area (Å²) in [6.07, 6.45) is -0.965. The predicted molar refractivity (Wildman–Crippen MR) is 168 cm³/mol. The van der Waals surface area contributed by atoms with Gasteiger partial charge in [-0.3, -0.25) is 4.57 Å². The minimum atomic E-state index is -1.66. The zero-order chi connectivity index (χ0) is 30.7. The quantitative estimate of drug-likeness (QED) is 0.200. The molecule has 7 rings (SSSR count). The molecule has 222 valence electrons. The van der Waals surface area contributed by atoms with E-state index < -0.39 is 24.1 Å². The number of aromatic nitrogens is 4. The summed E-state index contributed by atoms with van der Waals surface area (Å²) >= 11 is 0. The molecule has 8 heteroatoms. The summed E-state index contributed by atoms with van der Waals surface area (Å²) in [7, 11) is 0. The molecule has 1 unspecified atom stereocenters. The fraction of sp³-hybridized carbons (Fsp3) is 0.222. The van der Waals surface area contributed by atoms with Crippen LogP contribution in [0.3, 0.4) is 0 Å². The Morgan fingerprint density at radius 3 is 2.41 bits per heavy atom. The number of rotatable bonds is 5. The lowest BCUT2D eigenvalue weighted by atomic mass is 9.85. The SMILES string of the molecule is Cc1cc(Oc2ccc3c4ccccc4n(-c4cc(C)ccn4)c3c2)cc(-n2nc(C)c([C@@H]3C(F)=CC(F)C[C@@H]3F)c2C)c1. The first kappa shape index (κ1) is 28.0. The lowest BCUT2D eigenvalue weighted by Gasteiger charge is -2.25. The molecule has 1 aliphatic rings. The molecule has 3 aromatic heterocycles. The zero-order valence-electron chi connectivity index (χ0n) is 24.9. The summed E-state index contributed by atoms with van der Waals surface area (Å²) in [6, 6.07) is 24.0. The molecule has 3 heterocycles. The zero-order valence-corrected chi connectivity index (χ0v) is 24.9. The molecule has 0 fully saturated rings. The number of hydrogen-bond acceptors (Lipinski definition) is 3. The average molecular weight is 593 g/mol. The number of nitrogens with zero attached hydrogens (tertiary/aromatic N) is 4. The molecule has 0 amide bonds. The van der Waals surface area contributed by atoms with Crippen LogP contribution in [0.5, 0.6) is 11.5 Å². The lowest BCUT2D eigenvalue weighted by molar-refractivity contribution is 0.195. The van der Waals surface area contributed by atoms with E-state index in [0.29, 0.717) is 34.1 Å². The number of hydrogen-bond donors (Lipinski definition) is 0. The third kappa shape index (κ3) is 4.75. The van der Waals surface area contributed by atoms with Gasteiger partial charge in [-0.15, -0.1) is 0 Å². The molecule has 5 nitrogen and oxygen atoms in total. The molecule has 0 spiro atoms. The van der Waals surface area contributed by atoms with Gasteiger partial charge in [0, 0.05) is 46.8 Å². The second kappa shape index (κ2) is 10.7. The summed E-state index contributed by atoms with van der Waals surface area (Å²) < 4.78 is 53.8. The van der Waals surface area contributed by atoms with Gasteiger partial charge in [0.1, 0.15) is 35.5 Å². The lowest BCUT2D eigenvalue weighted by Crippen LogP contribution is -2.25. The number of para-hydroxylation sites is 1. The molecule has 3 aromatic carbocycles. The van der Waals surface area contributed by atoms with Gasteiger partial charge in [0.25, 0.3) is 0 Å². The molecule has 44 heavy (non-hydrogen) atoms. The van der Waals surface area contributed by atoms with Crippen molar-refractivity contribution >= 4 is 21.8 Å². The molecular weight excluding hydrogens is 561 g/mol. The van der Waals surface area contributed by atoms with Crippen LogP contribution < -0.4 is 4.74 Å². The monoisotopic (exact) mass is 592 g/mol. The first-order chi connectivity index (χ1) is 21.2. The van der Waals surface area contributed by atoms with Gasteiger partial charge in [0.2, 0.25) is 0 Å². The van der Waals surface area contributed by atoms with Gasteiger partial charge < -0.3 is 4.74 Å². The van der Waals surface area contributed by atoms with Gasteiger partial charge in [-0.05, 0) is 87.4 Å². The van der Waals surface area contributed by atoms with E-state index in [1.54, 1.807) is 18.5 Å². The number of benzene rings is 3. The van der Waals surface area contributed by atoms with Crippen LogP contribution in [0.1, 0.15) is 40.4 Å². The van der Waals surface area contributed by atoms with Crippen LogP contribution in [0.15, 0.2) is 90.9 Å². The summed E-state index contributed by atoms with van der Waals surface area (Å²) in [6.45, 7) is 7.51. The second-order valence-corrected chi connectivity index (χ2v) is 11.6. The van der Waals surface area contributed by atoms with Crippen molar-refractivity contribution in [3.63, 3.8) is 0 Å². The van der Waals surface area contributed by atoms with Crippen LogP contribution in [0.25, 0.3) is 33.3 Å². The maximum Gasteiger partial charge on any atom is 0.137 e. The van der Waals surface area contributed by atoms with E-state index in [-0.39, 0.29) is 6.42 Å². The summed E-state index contributed by atoms with van der Waals surface area (Å²) in [5.74, 6) is 0.113. The van der Waals surface area contributed by atoms with Crippen molar-refractivity contribution < 1.29 is 17.9 Å². The molecule has 0 N–H and O–H groups in total. The van der Waals surface area contributed by atoms with Gasteiger partial charge in [0.15, 0.2) is 0 Å². The van der Waals surface area contributed by atoms with Gasteiger partial charge >= 0.3 is 0 Å². The molecule has 1 aliphatic carbocycles. The van der Waals surface area contributed by atoms with E-state index in [9.17, 15) is 13.2 Å². The van der Waals surface area contributed by atoms with E-state index in [2.05, 4.69) is 38.9 Å². The van der Waals surface area contributed by atoms with E-state index in [1.165, 1.54) is 0 Å². The normalized spacial score (nSPS) is 18.6. The first-order valence-electron chi connectivity index (χ1n) is 14.7. The number of allylic oxidation sites excluding steroid dienone is 2. The molecular formula is C36H31F3N4O. The summed E-state index contributed by atoms with van der Waals surface area (Å²) in [4.78, 5) is 4.66. The van der Waals surface area contributed by atoms with Crippen molar-refractivity contribution in [3.05, 3.63) is 119 Å². The van der Waals surface area contributed by atoms with Gasteiger partial charge in [0.05, 0.1) is 28.3 Å². The fourth-order valence-corrected chi connectivity index (χ4v) is 6.49. The van der Waals surface area contributed by atoms with Crippen LogP contribution >= 0.6 is 0 Å². The predicted octanol–water partition coefficient (Wildman–Crippen LogP) is 9.41. The summed E-state index contributed by atoms with van der Waals surface area (Å²) in [5.41, 5.74) is 6.32. The van der Waals surface area contributed by atoms with Crippen LogP contribution in [0, 0.1) is 27.7 Å². The van der Waals surface area contributed by atoms with Crippen LogP contribution in [-0.2, 0) is 0 Å². The molecule has 0 aliphatic heterocycles. The van der Waals surface area contributed by atoms with E-state index in [4.69, 9.17) is 4.74 Å². The molecule has 6 aromatic rings. The van der Waals surface area contributed by atoms with Crippen molar-refractivity contribution in [3.8, 4) is 23.0 Å². The molecule has 3 atom stereocenters. The Morgan fingerprint density at radius 1 is 0.818 bits per heavy atom. The maximum atomic E-state index is 14.9. The smallest absolute Gasteiger partial charge is 0.137 e. The van der Waals surface area contributed by atoms with Gasteiger partial charge in [-0.2, -0.15) is 5.10 Å². The van der Waals surface area contributed by atoms with Gasteiger partial charge in [-0.1, -0.05) is 18.2 Å². The van der Waals surface area contributed by atoms with Crippen molar-refractivity contribution in [1.82, 2.24) is 19.3 Å². The average Bonchev–Trinajstić information content (AvgIpc) is 3.45. The Labute approximate surface area is 253 Å². The number of halogens is 3. The van der Waals surface area contributed by atoms with Crippen LogP contribution in [0.4, 0.5) is 13.2 Å². The molecule has 0 radical (unpaired) electrons.